The average molecular weight is 476 g/mol. The fourth-order valence-electron chi connectivity index (χ4n) is 2.23. The summed E-state index contributed by atoms with van der Waals surface area (Å²) in [5, 5.41) is 26.6. The van der Waals surface area contributed by atoms with Crippen molar-refractivity contribution in [3.8, 4) is 0 Å². The zero-order valence-electron chi connectivity index (χ0n) is 17.8. The molecule has 13 heteroatoms. The molecule has 0 saturated heterocycles. The normalized spacial score (nSPS) is 9.48. The van der Waals surface area contributed by atoms with Gasteiger partial charge in [-0.15, -0.1) is 14.2 Å². The van der Waals surface area contributed by atoms with E-state index in [9.17, 15) is 14.4 Å². The fourth-order valence-corrected chi connectivity index (χ4v) is 2.23. The molecule has 0 aromatic carbocycles. The predicted octanol–water partition coefficient (Wildman–Crippen LogP) is 0.290. The Hall–Kier alpha value is -3.44. The molecular weight excluding hydrogens is 452 g/mol. The van der Waals surface area contributed by atoms with Crippen LogP contribution < -0.4 is 17.1 Å². The summed E-state index contributed by atoms with van der Waals surface area (Å²) in [6.45, 7) is 10.0. The van der Waals surface area contributed by atoms with Gasteiger partial charge in [0, 0.05) is 17.1 Å². The van der Waals surface area contributed by atoms with E-state index in [2.05, 4.69) is 15.0 Å². The molecule has 0 aliphatic heterocycles. The molecule has 0 spiro atoms. The summed E-state index contributed by atoms with van der Waals surface area (Å²) in [6, 6.07) is 4.88. The van der Waals surface area contributed by atoms with Gasteiger partial charge in [0.15, 0.2) is 0 Å². The topological polar surface area (TPSA) is 165 Å². The minimum absolute atomic E-state index is 0. The maximum Gasteiger partial charge on any atom is 3.00 e. The second-order valence-corrected chi connectivity index (χ2v) is 6.40. The van der Waals surface area contributed by atoms with Gasteiger partial charge >= 0.3 is 34.1 Å². The molecule has 0 bridgehead atoms. The van der Waals surface area contributed by atoms with E-state index < -0.39 is 17.1 Å². The largest absolute Gasteiger partial charge is 3.00 e. The molecule has 3 heterocycles. The fraction of sp³-hybridized carbons (Fsp3) is 0.333. The van der Waals surface area contributed by atoms with Crippen LogP contribution in [0.15, 0.2) is 32.6 Å². The van der Waals surface area contributed by atoms with Crippen molar-refractivity contribution in [3.63, 3.8) is 0 Å². The van der Waals surface area contributed by atoms with Gasteiger partial charge in [-0.1, -0.05) is 0 Å². The van der Waals surface area contributed by atoms with Crippen molar-refractivity contribution in [1.82, 2.24) is 29.1 Å². The van der Waals surface area contributed by atoms with Gasteiger partial charge in [-0.2, -0.15) is 15.0 Å². The van der Waals surface area contributed by atoms with E-state index in [1.807, 2.05) is 0 Å². The predicted molar refractivity (Wildman–Crippen MR) is 105 cm³/mol. The monoisotopic (exact) mass is 476 g/mol. The van der Waals surface area contributed by atoms with E-state index in [-0.39, 0.29) is 17.1 Å². The van der Waals surface area contributed by atoms with Crippen LogP contribution in [0.5, 0.6) is 0 Å². The summed E-state index contributed by atoms with van der Waals surface area (Å²) in [5.74, 6) is 0. The summed E-state index contributed by atoms with van der Waals surface area (Å²) in [6.07, 6.45) is 0. The summed E-state index contributed by atoms with van der Waals surface area (Å²) >= 11 is 0. The number of rotatable bonds is 0. The molecule has 0 atom stereocenters. The van der Waals surface area contributed by atoms with Gasteiger partial charge in [0.05, 0.1) is 17.1 Å². The van der Waals surface area contributed by atoms with E-state index in [0.29, 0.717) is 48.4 Å². The Morgan fingerprint density at radius 1 is 0.548 bits per heavy atom. The molecule has 0 fully saturated rings. The van der Waals surface area contributed by atoms with Crippen LogP contribution in [-0.2, 0) is 17.1 Å². The van der Waals surface area contributed by atoms with Crippen molar-refractivity contribution >= 4 is 0 Å². The van der Waals surface area contributed by atoms with Gasteiger partial charge in [-0.25, -0.2) is 14.4 Å². The molecule has 3 rings (SSSR count). The first-order valence-electron chi connectivity index (χ1n) is 8.63. The standard InChI is InChI=1S/3C6H8N2O2.Fe/c3*1-4-3-5(2)8(10)6(9)7-4;/h3*3,10H,1-2H3;/q;;;+3. The summed E-state index contributed by atoms with van der Waals surface area (Å²) in [5.41, 5.74) is 1.47. The summed E-state index contributed by atoms with van der Waals surface area (Å²) in [4.78, 5) is 42.5. The molecule has 1 radical (unpaired) electrons. The van der Waals surface area contributed by atoms with Gasteiger partial charge in [0.25, 0.3) is 0 Å². The third-order valence-corrected chi connectivity index (χ3v) is 3.62. The van der Waals surface area contributed by atoms with Gasteiger partial charge < -0.3 is 15.6 Å². The van der Waals surface area contributed by atoms with Gasteiger partial charge in [-0.05, 0) is 59.7 Å². The smallest absolute Gasteiger partial charge is 0.424 e. The van der Waals surface area contributed by atoms with Crippen molar-refractivity contribution in [2.45, 2.75) is 41.5 Å². The van der Waals surface area contributed by atoms with Crippen LogP contribution in [0.4, 0.5) is 0 Å². The SMILES string of the molecule is Cc1cc(C)n(O)c(=O)n1.Cc1cc(C)n(O)c(=O)n1.Cc1cc(C)n(O)c(=O)n1.[Fe+3]. The van der Waals surface area contributed by atoms with Crippen LogP contribution in [0.2, 0.25) is 0 Å². The Bertz CT molecular complexity index is 1070. The molecule has 3 aromatic rings. The molecule has 167 valence electrons. The molecule has 3 N–H and O–H groups in total. The van der Waals surface area contributed by atoms with Crippen LogP contribution in [0, 0.1) is 41.5 Å². The van der Waals surface area contributed by atoms with E-state index in [0.717, 1.165) is 0 Å². The van der Waals surface area contributed by atoms with E-state index in [4.69, 9.17) is 15.6 Å². The number of hydrogen-bond donors (Lipinski definition) is 3. The minimum Gasteiger partial charge on any atom is -0.424 e. The maximum absolute atomic E-state index is 10.7. The first kappa shape index (κ1) is 27.6. The van der Waals surface area contributed by atoms with Crippen molar-refractivity contribution in [2.75, 3.05) is 0 Å². The van der Waals surface area contributed by atoms with E-state index in [1.54, 1.807) is 59.7 Å². The molecule has 0 aliphatic rings. The first-order valence-corrected chi connectivity index (χ1v) is 8.63. The zero-order chi connectivity index (χ0) is 23.2. The molecule has 0 saturated carbocycles. The van der Waals surface area contributed by atoms with E-state index >= 15 is 0 Å². The van der Waals surface area contributed by atoms with Crippen LogP contribution in [-0.4, -0.2) is 44.8 Å². The molecule has 31 heavy (non-hydrogen) atoms. The van der Waals surface area contributed by atoms with Gasteiger partial charge in [0.1, 0.15) is 0 Å². The van der Waals surface area contributed by atoms with Gasteiger partial charge in [-0.3, -0.25) is 0 Å². The summed E-state index contributed by atoms with van der Waals surface area (Å²) < 4.78 is 1.56. The van der Waals surface area contributed by atoms with Crippen molar-refractivity contribution in [2.24, 2.45) is 0 Å². The van der Waals surface area contributed by atoms with Crippen LogP contribution in [0.1, 0.15) is 34.2 Å². The maximum atomic E-state index is 10.7. The Kier molecular flexibility index (Phi) is 10.4. The number of nitrogens with zero attached hydrogens (tertiary/aromatic N) is 6. The second kappa shape index (κ2) is 11.7. The Balaban J connectivity index is 0.000000429. The van der Waals surface area contributed by atoms with Gasteiger partial charge in [0.2, 0.25) is 0 Å². The molecule has 0 unspecified atom stereocenters. The molecular formula is C18H24FeN6O6+3. The third-order valence-electron chi connectivity index (χ3n) is 3.62. The Morgan fingerprint density at radius 3 is 0.903 bits per heavy atom. The first-order chi connectivity index (χ1) is 13.8. The van der Waals surface area contributed by atoms with E-state index in [1.165, 1.54) is 0 Å². The quantitative estimate of drug-likeness (QED) is 0.305. The Morgan fingerprint density at radius 2 is 0.742 bits per heavy atom. The van der Waals surface area contributed by atoms with Crippen LogP contribution >= 0.6 is 0 Å². The number of aryl methyl sites for hydroxylation is 6. The van der Waals surface area contributed by atoms with Crippen LogP contribution in [0.25, 0.3) is 0 Å². The average Bonchev–Trinajstić information content (AvgIpc) is 2.63. The molecule has 0 amide bonds. The van der Waals surface area contributed by atoms with Crippen molar-refractivity contribution < 1.29 is 32.7 Å². The molecule has 12 nitrogen and oxygen atoms in total. The van der Waals surface area contributed by atoms with Crippen molar-refractivity contribution in [1.29, 1.82) is 0 Å². The molecule has 3 aromatic heterocycles. The number of hydrogen-bond acceptors (Lipinski definition) is 9. The Labute approximate surface area is 187 Å². The third kappa shape index (κ3) is 8.07. The second-order valence-electron chi connectivity index (χ2n) is 6.40. The summed E-state index contributed by atoms with van der Waals surface area (Å²) in [7, 11) is 0. The number of aromatic nitrogens is 6. The van der Waals surface area contributed by atoms with Crippen LogP contribution in [0.3, 0.4) is 0 Å². The minimum atomic E-state index is -0.627. The molecule has 0 aliphatic carbocycles. The van der Waals surface area contributed by atoms with Crippen molar-refractivity contribution in [3.05, 3.63) is 83.8 Å². The zero-order valence-corrected chi connectivity index (χ0v) is 18.9.